The second-order valence-corrected chi connectivity index (χ2v) is 4.21. The topological polar surface area (TPSA) is 34.9 Å². The van der Waals surface area contributed by atoms with Gasteiger partial charge in [0.15, 0.2) is 5.78 Å². The quantitative estimate of drug-likeness (QED) is 0.635. The molecule has 6 heteroatoms. The zero-order valence-corrected chi connectivity index (χ0v) is 10.2. The van der Waals surface area contributed by atoms with E-state index < -0.39 is 17.4 Å². The van der Waals surface area contributed by atoms with Crippen LogP contribution in [0.4, 0.5) is 8.78 Å². The molecule has 94 valence electrons. The third-order valence-electron chi connectivity index (χ3n) is 2.55. The highest BCUT2D eigenvalue weighted by atomic mass is 35.5. The van der Waals surface area contributed by atoms with Crippen molar-refractivity contribution < 1.29 is 13.6 Å². The fourth-order valence-corrected chi connectivity index (χ4v) is 1.69. The first kappa shape index (κ1) is 12.7. The van der Waals surface area contributed by atoms with E-state index in [4.69, 9.17) is 11.6 Å². The number of nitrogens with zero attached hydrogens (tertiary/aromatic N) is 2. The lowest BCUT2D eigenvalue weighted by atomic mass is 10.1. The number of aromatic nitrogens is 2. The number of carbonyl (C=O) groups is 1. The molecule has 0 radical (unpaired) electrons. The Morgan fingerprint density at radius 2 is 2.11 bits per heavy atom. The van der Waals surface area contributed by atoms with Gasteiger partial charge in [-0.2, -0.15) is 0 Å². The van der Waals surface area contributed by atoms with Crippen molar-refractivity contribution in [2.45, 2.75) is 6.42 Å². The second-order valence-electron chi connectivity index (χ2n) is 3.80. The number of imidazole rings is 1. The number of hydrogen-bond acceptors (Lipinski definition) is 2. The minimum atomic E-state index is -0.833. The molecule has 3 nitrogen and oxygen atoms in total. The van der Waals surface area contributed by atoms with E-state index in [2.05, 4.69) is 4.98 Å². The van der Waals surface area contributed by atoms with Crippen LogP contribution < -0.4 is 0 Å². The van der Waals surface area contributed by atoms with Crippen molar-refractivity contribution in [3.8, 4) is 0 Å². The monoisotopic (exact) mass is 270 g/mol. The SMILES string of the molecule is Cn1ccnc1CC(=O)c1cc(F)c(Cl)cc1F. The molecule has 1 aromatic carbocycles. The molecule has 0 N–H and O–H groups in total. The third-order valence-corrected chi connectivity index (χ3v) is 2.84. The number of Topliss-reactive ketones (excluding diaryl/α,β-unsaturated/α-hetero) is 1. The summed E-state index contributed by atoms with van der Waals surface area (Å²) in [5, 5.41) is -0.346. The summed E-state index contributed by atoms with van der Waals surface area (Å²) in [6.45, 7) is 0. The van der Waals surface area contributed by atoms with Gasteiger partial charge >= 0.3 is 0 Å². The molecule has 0 saturated carbocycles. The molecule has 0 atom stereocenters. The van der Waals surface area contributed by atoms with Crippen LogP contribution in [0.5, 0.6) is 0 Å². The molecule has 18 heavy (non-hydrogen) atoms. The van der Waals surface area contributed by atoms with Crippen LogP contribution in [-0.4, -0.2) is 15.3 Å². The Bertz CT molecular complexity index is 610. The molecule has 0 aliphatic carbocycles. The van der Waals surface area contributed by atoms with Crippen molar-refractivity contribution in [3.05, 3.63) is 52.6 Å². The van der Waals surface area contributed by atoms with Crippen LogP contribution in [0.15, 0.2) is 24.5 Å². The van der Waals surface area contributed by atoms with E-state index in [1.807, 2.05) is 0 Å². The van der Waals surface area contributed by atoms with Gasteiger partial charge in [0.1, 0.15) is 17.5 Å². The van der Waals surface area contributed by atoms with Crippen LogP contribution in [-0.2, 0) is 13.5 Å². The molecule has 0 amide bonds. The van der Waals surface area contributed by atoms with E-state index in [0.717, 1.165) is 12.1 Å². The van der Waals surface area contributed by atoms with Gasteiger partial charge in [-0.3, -0.25) is 4.79 Å². The number of rotatable bonds is 3. The number of carbonyl (C=O) groups excluding carboxylic acids is 1. The Kier molecular flexibility index (Phi) is 3.43. The molecule has 0 aliphatic heterocycles. The first-order valence-corrected chi connectivity index (χ1v) is 5.51. The Labute approximate surface area is 107 Å². The van der Waals surface area contributed by atoms with Crippen LogP contribution in [0.1, 0.15) is 16.2 Å². The predicted molar refractivity (Wildman–Crippen MR) is 62.6 cm³/mol. The Morgan fingerprint density at radius 1 is 1.39 bits per heavy atom. The summed E-state index contributed by atoms with van der Waals surface area (Å²) in [6, 6.07) is 1.60. The molecule has 0 bridgehead atoms. The van der Waals surface area contributed by atoms with Crippen LogP contribution in [0.3, 0.4) is 0 Å². The lowest BCUT2D eigenvalue weighted by Crippen LogP contribution is -2.10. The molecule has 1 heterocycles. The van der Waals surface area contributed by atoms with Crippen molar-refractivity contribution in [2.24, 2.45) is 7.05 Å². The molecule has 0 aliphatic rings. The van der Waals surface area contributed by atoms with E-state index >= 15 is 0 Å². The lowest BCUT2D eigenvalue weighted by Gasteiger charge is -2.04. The van der Waals surface area contributed by atoms with Crippen molar-refractivity contribution in [3.63, 3.8) is 0 Å². The van der Waals surface area contributed by atoms with Gasteiger partial charge in [0.05, 0.1) is 17.0 Å². The molecule has 2 aromatic rings. The van der Waals surface area contributed by atoms with Gasteiger partial charge in [-0.05, 0) is 12.1 Å². The van der Waals surface area contributed by atoms with Crippen molar-refractivity contribution in [2.75, 3.05) is 0 Å². The third kappa shape index (κ3) is 2.41. The summed E-state index contributed by atoms with van der Waals surface area (Å²) < 4.78 is 28.4. The van der Waals surface area contributed by atoms with Gasteiger partial charge in [-0.25, -0.2) is 13.8 Å². The fourth-order valence-electron chi connectivity index (χ4n) is 1.54. The number of ketones is 1. The summed E-state index contributed by atoms with van der Waals surface area (Å²) in [4.78, 5) is 15.8. The number of aryl methyl sites for hydroxylation is 1. The van der Waals surface area contributed by atoms with Crippen molar-refractivity contribution >= 4 is 17.4 Å². The van der Waals surface area contributed by atoms with Gasteiger partial charge in [0.2, 0.25) is 0 Å². The van der Waals surface area contributed by atoms with Crippen LogP contribution in [0.2, 0.25) is 5.02 Å². The number of benzene rings is 1. The minimum Gasteiger partial charge on any atom is -0.338 e. The highest BCUT2D eigenvalue weighted by Gasteiger charge is 2.17. The summed E-state index contributed by atoms with van der Waals surface area (Å²) >= 11 is 5.42. The van der Waals surface area contributed by atoms with Gasteiger partial charge in [0, 0.05) is 19.4 Å². The molecule has 2 rings (SSSR count). The molecule has 0 saturated heterocycles. The van der Waals surface area contributed by atoms with Crippen LogP contribution >= 0.6 is 11.6 Å². The zero-order valence-electron chi connectivity index (χ0n) is 9.45. The maximum Gasteiger partial charge on any atom is 0.173 e. The summed E-state index contributed by atoms with van der Waals surface area (Å²) in [5.41, 5.74) is -0.320. The van der Waals surface area contributed by atoms with Crippen LogP contribution in [0.25, 0.3) is 0 Å². The standard InChI is InChI=1S/C12H9ClF2N2O/c1-17-3-2-16-12(17)6-11(18)7-4-10(15)8(13)5-9(7)14/h2-5H,6H2,1H3. The average Bonchev–Trinajstić information content (AvgIpc) is 2.69. The summed E-state index contributed by atoms with van der Waals surface area (Å²) in [7, 11) is 1.72. The van der Waals surface area contributed by atoms with Gasteiger partial charge < -0.3 is 4.57 Å². The zero-order chi connectivity index (χ0) is 13.3. The van der Waals surface area contributed by atoms with Crippen molar-refractivity contribution in [1.29, 1.82) is 0 Å². The first-order chi connectivity index (χ1) is 8.49. The second kappa shape index (κ2) is 4.86. The Balaban J connectivity index is 2.30. The molecule has 0 fully saturated rings. The number of hydrogen-bond donors (Lipinski definition) is 0. The fraction of sp³-hybridized carbons (Fsp3) is 0.167. The van der Waals surface area contributed by atoms with Gasteiger partial charge in [0.25, 0.3) is 0 Å². The smallest absolute Gasteiger partial charge is 0.173 e. The highest BCUT2D eigenvalue weighted by Crippen LogP contribution is 2.20. The van der Waals surface area contributed by atoms with E-state index in [-0.39, 0.29) is 17.0 Å². The minimum absolute atomic E-state index is 0.0957. The number of halogens is 3. The molecule has 1 aromatic heterocycles. The molecular formula is C12H9ClF2N2O. The van der Waals surface area contributed by atoms with Gasteiger partial charge in [-0.15, -0.1) is 0 Å². The summed E-state index contributed by atoms with van der Waals surface area (Å²) in [6.07, 6.45) is 3.10. The van der Waals surface area contributed by atoms with E-state index in [1.165, 1.54) is 6.20 Å². The summed E-state index contributed by atoms with van der Waals surface area (Å²) in [5.74, 6) is -1.71. The first-order valence-electron chi connectivity index (χ1n) is 5.13. The largest absolute Gasteiger partial charge is 0.338 e. The van der Waals surface area contributed by atoms with E-state index in [1.54, 1.807) is 17.8 Å². The maximum atomic E-state index is 13.5. The predicted octanol–water partition coefficient (Wildman–Crippen LogP) is 2.78. The lowest BCUT2D eigenvalue weighted by molar-refractivity contribution is 0.0985. The molecular weight excluding hydrogens is 262 g/mol. The molecule has 0 spiro atoms. The van der Waals surface area contributed by atoms with Crippen molar-refractivity contribution in [1.82, 2.24) is 9.55 Å². The molecule has 0 unspecified atom stereocenters. The van der Waals surface area contributed by atoms with E-state index in [9.17, 15) is 13.6 Å². The average molecular weight is 271 g/mol. The Hall–Kier alpha value is -1.75. The van der Waals surface area contributed by atoms with Gasteiger partial charge in [-0.1, -0.05) is 11.6 Å². The maximum absolute atomic E-state index is 13.5. The Morgan fingerprint density at radius 3 is 2.72 bits per heavy atom. The normalized spacial score (nSPS) is 10.7. The van der Waals surface area contributed by atoms with E-state index in [0.29, 0.717) is 5.82 Å². The van der Waals surface area contributed by atoms with Crippen LogP contribution in [0, 0.1) is 11.6 Å². The highest BCUT2D eigenvalue weighted by molar-refractivity contribution is 6.30.